The molecule has 4 rings (SSSR count). The van der Waals surface area contributed by atoms with E-state index in [9.17, 15) is 18.0 Å². The van der Waals surface area contributed by atoms with Crippen LogP contribution in [0.25, 0.3) is 0 Å². The second-order valence-corrected chi connectivity index (χ2v) is 7.36. The summed E-state index contributed by atoms with van der Waals surface area (Å²) in [4.78, 5) is 25.7. The van der Waals surface area contributed by atoms with Crippen molar-refractivity contribution in [2.45, 2.75) is 25.2 Å². The number of piperidine rings is 1. The van der Waals surface area contributed by atoms with E-state index < -0.39 is 12.1 Å². The molecule has 1 amide bonds. The second-order valence-electron chi connectivity index (χ2n) is 7.36. The number of hydrogen-bond acceptors (Lipinski definition) is 6. The average Bonchev–Trinajstić information content (AvgIpc) is 3.38. The van der Waals surface area contributed by atoms with E-state index in [1.54, 1.807) is 30.9 Å². The van der Waals surface area contributed by atoms with Crippen molar-refractivity contribution in [2.24, 2.45) is 5.92 Å². The Kier molecular flexibility index (Phi) is 7.39. The molecule has 4 heterocycles. The summed E-state index contributed by atoms with van der Waals surface area (Å²) in [5.74, 6) is -2.00. The third kappa shape index (κ3) is 6.34. The van der Waals surface area contributed by atoms with Crippen molar-refractivity contribution < 1.29 is 41.4 Å². The lowest BCUT2D eigenvalue weighted by Gasteiger charge is -2.37. The van der Waals surface area contributed by atoms with Gasteiger partial charge in [0.1, 0.15) is 0 Å². The number of ether oxygens (including phenoxy) is 1. The van der Waals surface area contributed by atoms with E-state index in [2.05, 4.69) is 4.90 Å². The molecule has 170 valence electrons. The van der Waals surface area contributed by atoms with Crippen molar-refractivity contribution >= 4 is 11.9 Å². The average molecular weight is 444 g/mol. The highest BCUT2D eigenvalue weighted by Gasteiger charge is 2.38. The van der Waals surface area contributed by atoms with Crippen molar-refractivity contribution in [3.63, 3.8) is 0 Å². The number of aliphatic carboxylic acids is 1. The third-order valence-corrected chi connectivity index (χ3v) is 5.18. The van der Waals surface area contributed by atoms with Gasteiger partial charge in [0.2, 0.25) is 0 Å². The molecule has 2 saturated heterocycles. The summed E-state index contributed by atoms with van der Waals surface area (Å²) in [6, 6.07) is 5.47. The first-order valence-electron chi connectivity index (χ1n) is 9.72. The van der Waals surface area contributed by atoms with Gasteiger partial charge in [-0.3, -0.25) is 9.69 Å². The Balaban J connectivity index is 0.000000339. The molecule has 0 radical (unpaired) electrons. The van der Waals surface area contributed by atoms with Crippen LogP contribution >= 0.6 is 0 Å². The molecule has 2 aromatic heterocycles. The largest absolute Gasteiger partial charge is 0.490 e. The topological polar surface area (TPSA) is 96.4 Å². The molecule has 0 aliphatic carbocycles. The Bertz CT molecular complexity index is 838. The number of likely N-dealkylation sites (tertiary alicyclic amines) is 1. The highest BCUT2D eigenvalue weighted by Crippen LogP contribution is 2.26. The Morgan fingerprint density at radius 3 is 2.55 bits per heavy atom. The number of fused-ring (bicyclic) bond motifs is 1. The zero-order valence-electron chi connectivity index (χ0n) is 16.6. The predicted octanol–water partition coefficient (Wildman–Crippen LogP) is 2.87. The summed E-state index contributed by atoms with van der Waals surface area (Å²) < 4.78 is 48.2. The number of nitrogens with zero attached hydrogens (tertiary/aromatic N) is 2. The van der Waals surface area contributed by atoms with Gasteiger partial charge in [-0.2, -0.15) is 13.2 Å². The summed E-state index contributed by atoms with van der Waals surface area (Å²) >= 11 is 0. The first-order chi connectivity index (χ1) is 14.7. The number of carboxylic acids is 1. The molecule has 0 unspecified atom stereocenters. The molecule has 2 fully saturated rings. The van der Waals surface area contributed by atoms with Crippen LogP contribution in [0.3, 0.4) is 0 Å². The Hall–Kier alpha value is -2.79. The van der Waals surface area contributed by atoms with Gasteiger partial charge in [-0.05, 0) is 31.2 Å². The lowest BCUT2D eigenvalue weighted by Crippen LogP contribution is -2.47. The minimum absolute atomic E-state index is 0.0370. The minimum atomic E-state index is -5.08. The Morgan fingerprint density at radius 2 is 1.94 bits per heavy atom. The van der Waals surface area contributed by atoms with Crippen LogP contribution in [-0.2, 0) is 16.1 Å². The van der Waals surface area contributed by atoms with Crippen LogP contribution < -0.4 is 0 Å². The van der Waals surface area contributed by atoms with Crippen molar-refractivity contribution in [3.05, 3.63) is 48.3 Å². The number of carbonyl (C=O) groups is 2. The number of carbonyl (C=O) groups excluding carboxylic acids is 1. The molecule has 1 N–H and O–H groups in total. The van der Waals surface area contributed by atoms with Crippen LogP contribution in [0.4, 0.5) is 13.2 Å². The van der Waals surface area contributed by atoms with Crippen LogP contribution in [-0.4, -0.2) is 71.8 Å². The van der Waals surface area contributed by atoms with E-state index >= 15 is 0 Å². The monoisotopic (exact) mass is 444 g/mol. The number of rotatable bonds is 3. The fourth-order valence-corrected chi connectivity index (χ4v) is 3.64. The number of amides is 1. The number of halogens is 3. The van der Waals surface area contributed by atoms with Crippen molar-refractivity contribution in [2.75, 3.05) is 32.8 Å². The van der Waals surface area contributed by atoms with Crippen LogP contribution in [0, 0.1) is 5.92 Å². The normalized spacial score (nSPS) is 22.1. The zero-order valence-corrected chi connectivity index (χ0v) is 16.6. The van der Waals surface area contributed by atoms with Crippen molar-refractivity contribution in [3.8, 4) is 0 Å². The van der Waals surface area contributed by atoms with Crippen LogP contribution in [0.1, 0.15) is 22.5 Å². The van der Waals surface area contributed by atoms with Gasteiger partial charge in [-0.15, -0.1) is 0 Å². The molecule has 31 heavy (non-hydrogen) atoms. The lowest BCUT2D eigenvalue weighted by molar-refractivity contribution is -0.192. The highest BCUT2D eigenvalue weighted by molar-refractivity contribution is 5.91. The fraction of sp³-hybridized carbons (Fsp3) is 0.500. The van der Waals surface area contributed by atoms with E-state index in [1.165, 1.54) is 5.56 Å². The SMILES string of the molecule is O=C(O)C(F)(F)F.O=C(c1ccco1)N1CCO[C@@H]2CN(Cc3ccoc3)CC[C@@H]2C1. The third-order valence-electron chi connectivity index (χ3n) is 5.18. The molecule has 11 heteroatoms. The first-order valence-corrected chi connectivity index (χ1v) is 9.72. The highest BCUT2D eigenvalue weighted by atomic mass is 19.4. The van der Waals surface area contributed by atoms with Gasteiger partial charge in [0.25, 0.3) is 5.91 Å². The summed E-state index contributed by atoms with van der Waals surface area (Å²) in [6.45, 7) is 4.74. The maximum atomic E-state index is 12.5. The van der Waals surface area contributed by atoms with Crippen LogP contribution in [0.15, 0.2) is 45.8 Å². The number of alkyl halides is 3. The maximum Gasteiger partial charge on any atom is 0.490 e. The van der Waals surface area contributed by atoms with Gasteiger partial charge in [0.15, 0.2) is 5.76 Å². The molecule has 0 bridgehead atoms. The van der Waals surface area contributed by atoms with Gasteiger partial charge < -0.3 is 23.6 Å². The molecule has 0 saturated carbocycles. The lowest BCUT2D eigenvalue weighted by atomic mass is 9.93. The molecular formula is C20H23F3N2O6. The summed E-state index contributed by atoms with van der Waals surface area (Å²) in [5.41, 5.74) is 1.19. The van der Waals surface area contributed by atoms with Gasteiger partial charge in [-0.1, -0.05) is 0 Å². The fourth-order valence-electron chi connectivity index (χ4n) is 3.64. The van der Waals surface area contributed by atoms with Crippen molar-refractivity contribution in [1.29, 1.82) is 0 Å². The smallest absolute Gasteiger partial charge is 0.475 e. The maximum absolute atomic E-state index is 12.5. The standard InChI is InChI=1S/C18H22N2O4.C2HF3O2/c21-18(16-2-1-7-23-16)20-6-9-24-17-12-19(5-3-15(17)11-20)10-14-4-8-22-13-14;3-2(4,5)1(6)7/h1-2,4,7-8,13,15,17H,3,5-6,9-12H2;(H,6,7)/t15-,17-;/m1./s1. The van der Waals surface area contributed by atoms with E-state index in [1.807, 2.05) is 11.0 Å². The molecule has 8 nitrogen and oxygen atoms in total. The van der Waals surface area contributed by atoms with Crippen LogP contribution in [0.5, 0.6) is 0 Å². The summed E-state index contributed by atoms with van der Waals surface area (Å²) in [5, 5.41) is 7.12. The minimum Gasteiger partial charge on any atom is -0.475 e. The van der Waals surface area contributed by atoms with Gasteiger partial charge >= 0.3 is 12.1 Å². The molecule has 0 spiro atoms. The first kappa shape index (κ1) is 22.9. The van der Waals surface area contributed by atoms with E-state index in [-0.39, 0.29) is 12.0 Å². The number of furan rings is 2. The molecular weight excluding hydrogens is 421 g/mol. The molecule has 0 aromatic carbocycles. The zero-order chi connectivity index (χ0) is 22.4. The quantitative estimate of drug-likeness (QED) is 0.778. The van der Waals surface area contributed by atoms with Crippen LogP contribution in [0.2, 0.25) is 0 Å². The van der Waals surface area contributed by atoms with Crippen molar-refractivity contribution in [1.82, 2.24) is 9.80 Å². The van der Waals surface area contributed by atoms with Gasteiger partial charge in [0, 0.05) is 37.7 Å². The molecule has 2 aliphatic heterocycles. The second kappa shape index (κ2) is 10.0. The summed E-state index contributed by atoms with van der Waals surface area (Å²) in [6.07, 6.45) is 1.18. The molecule has 2 atom stereocenters. The summed E-state index contributed by atoms with van der Waals surface area (Å²) in [7, 11) is 0. The molecule has 2 aromatic rings. The Morgan fingerprint density at radius 1 is 1.16 bits per heavy atom. The number of hydrogen-bond donors (Lipinski definition) is 1. The van der Waals surface area contributed by atoms with E-state index in [0.29, 0.717) is 24.8 Å². The van der Waals surface area contributed by atoms with Gasteiger partial charge in [-0.25, -0.2) is 4.79 Å². The number of carboxylic acid groups (broad SMARTS) is 1. The van der Waals surface area contributed by atoms with E-state index in [0.717, 1.165) is 32.6 Å². The predicted molar refractivity (Wildman–Crippen MR) is 100 cm³/mol. The van der Waals surface area contributed by atoms with Gasteiger partial charge in [0.05, 0.1) is 31.5 Å². The Labute approximate surface area is 176 Å². The molecule has 2 aliphatic rings. The van der Waals surface area contributed by atoms with E-state index in [4.69, 9.17) is 23.5 Å².